The van der Waals surface area contributed by atoms with E-state index < -0.39 is 5.97 Å². The summed E-state index contributed by atoms with van der Waals surface area (Å²) in [5, 5.41) is 8.99. The third-order valence-corrected chi connectivity index (χ3v) is 3.14. The molecule has 0 atom stereocenters. The van der Waals surface area contributed by atoms with Crippen LogP contribution in [0.4, 0.5) is 0 Å². The van der Waals surface area contributed by atoms with E-state index in [2.05, 4.69) is 4.98 Å². The van der Waals surface area contributed by atoms with Crippen LogP contribution in [0.3, 0.4) is 0 Å². The molecule has 0 saturated carbocycles. The molecular formula is C12H11NO3S. The fraction of sp³-hybridized carbons (Fsp3) is 0.167. The Morgan fingerprint density at radius 2 is 2.35 bits per heavy atom. The van der Waals surface area contributed by atoms with Crippen LogP contribution < -0.4 is 4.74 Å². The standard InChI is InChI=1S/C12H11NO3S/c1-8-6-10(11(17-8)12(14)15)16-7-9-4-2-3-5-13-9/h2-6H,7H2,1H3,(H,14,15). The largest absolute Gasteiger partial charge is 0.485 e. The lowest BCUT2D eigenvalue weighted by Crippen LogP contribution is -2.01. The summed E-state index contributed by atoms with van der Waals surface area (Å²) < 4.78 is 5.47. The van der Waals surface area contributed by atoms with Crippen LogP contribution in [0.2, 0.25) is 0 Å². The molecule has 0 fully saturated rings. The first-order valence-corrected chi connectivity index (χ1v) is 5.85. The van der Waals surface area contributed by atoms with Crippen LogP contribution in [-0.4, -0.2) is 16.1 Å². The molecule has 0 spiro atoms. The molecule has 2 rings (SSSR count). The number of thiophene rings is 1. The highest BCUT2D eigenvalue weighted by atomic mass is 32.1. The first kappa shape index (κ1) is 11.6. The maximum Gasteiger partial charge on any atom is 0.349 e. The van der Waals surface area contributed by atoms with Crippen molar-refractivity contribution in [3.63, 3.8) is 0 Å². The highest BCUT2D eigenvalue weighted by molar-refractivity contribution is 7.14. The van der Waals surface area contributed by atoms with Crippen LogP contribution in [0.25, 0.3) is 0 Å². The van der Waals surface area contributed by atoms with Gasteiger partial charge in [0.15, 0.2) is 4.88 Å². The molecule has 0 unspecified atom stereocenters. The van der Waals surface area contributed by atoms with Crippen molar-refractivity contribution in [2.75, 3.05) is 0 Å². The summed E-state index contributed by atoms with van der Waals surface area (Å²) in [4.78, 5) is 16.2. The predicted molar refractivity (Wildman–Crippen MR) is 64.6 cm³/mol. The molecule has 5 heteroatoms. The fourth-order valence-electron chi connectivity index (χ4n) is 1.38. The van der Waals surface area contributed by atoms with Crippen molar-refractivity contribution in [1.29, 1.82) is 0 Å². The Hall–Kier alpha value is -1.88. The third kappa shape index (κ3) is 2.82. The summed E-state index contributed by atoms with van der Waals surface area (Å²) in [6.45, 7) is 2.13. The van der Waals surface area contributed by atoms with Crippen molar-refractivity contribution >= 4 is 17.3 Å². The van der Waals surface area contributed by atoms with Gasteiger partial charge in [0.05, 0.1) is 5.69 Å². The van der Waals surface area contributed by atoms with Gasteiger partial charge in [-0.25, -0.2) is 4.79 Å². The maximum absolute atomic E-state index is 11.0. The molecular weight excluding hydrogens is 238 g/mol. The first-order chi connectivity index (χ1) is 8.16. The Morgan fingerprint density at radius 1 is 1.53 bits per heavy atom. The summed E-state index contributed by atoms with van der Waals surface area (Å²) in [5.74, 6) is -0.551. The zero-order valence-corrected chi connectivity index (χ0v) is 10.0. The van der Waals surface area contributed by atoms with E-state index in [1.54, 1.807) is 12.3 Å². The van der Waals surface area contributed by atoms with E-state index in [0.29, 0.717) is 5.75 Å². The Bertz CT molecular complexity index is 522. The van der Waals surface area contributed by atoms with Crippen LogP contribution in [0.5, 0.6) is 5.75 Å². The fourth-order valence-corrected chi connectivity index (χ4v) is 2.18. The molecule has 88 valence electrons. The lowest BCUT2D eigenvalue weighted by atomic mass is 10.3. The van der Waals surface area contributed by atoms with Gasteiger partial charge in [0.2, 0.25) is 0 Å². The first-order valence-electron chi connectivity index (χ1n) is 5.03. The number of ether oxygens (including phenoxy) is 1. The highest BCUT2D eigenvalue weighted by Gasteiger charge is 2.15. The van der Waals surface area contributed by atoms with Crippen molar-refractivity contribution in [2.45, 2.75) is 13.5 Å². The number of rotatable bonds is 4. The zero-order valence-electron chi connectivity index (χ0n) is 9.21. The number of aryl methyl sites for hydroxylation is 1. The molecule has 2 aromatic heterocycles. The minimum absolute atomic E-state index is 0.235. The number of carboxylic acid groups (broad SMARTS) is 1. The van der Waals surface area contributed by atoms with Crippen LogP contribution in [0.15, 0.2) is 30.5 Å². The monoisotopic (exact) mass is 249 g/mol. The average Bonchev–Trinajstić information content (AvgIpc) is 2.69. The molecule has 17 heavy (non-hydrogen) atoms. The topological polar surface area (TPSA) is 59.4 Å². The second-order valence-corrected chi connectivity index (χ2v) is 4.72. The lowest BCUT2D eigenvalue weighted by molar-refractivity contribution is 0.0697. The Labute approximate surface area is 103 Å². The number of nitrogens with zero attached hydrogens (tertiary/aromatic N) is 1. The van der Waals surface area contributed by atoms with Crippen molar-refractivity contribution in [1.82, 2.24) is 4.98 Å². The Morgan fingerprint density at radius 3 is 3.00 bits per heavy atom. The molecule has 0 radical (unpaired) electrons. The molecule has 4 nitrogen and oxygen atoms in total. The van der Waals surface area contributed by atoms with Gasteiger partial charge in [-0.2, -0.15) is 0 Å². The van der Waals surface area contributed by atoms with Gasteiger partial charge < -0.3 is 9.84 Å². The molecule has 0 saturated heterocycles. The predicted octanol–water partition coefficient (Wildman–Crippen LogP) is 2.73. The van der Waals surface area contributed by atoms with E-state index in [9.17, 15) is 4.79 Å². The van der Waals surface area contributed by atoms with E-state index >= 15 is 0 Å². The molecule has 0 amide bonds. The van der Waals surface area contributed by atoms with Crippen molar-refractivity contribution in [2.24, 2.45) is 0 Å². The highest BCUT2D eigenvalue weighted by Crippen LogP contribution is 2.29. The van der Waals surface area contributed by atoms with Gasteiger partial charge >= 0.3 is 5.97 Å². The van der Waals surface area contributed by atoms with Crippen molar-refractivity contribution in [3.05, 3.63) is 45.9 Å². The third-order valence-electron chi connectivity index (χ3n) is 2.12. The summed E-state index contributed by atoms with van der Waals surface area (Å²) >= 11 is 1.21. The number of hydrogen-bond acceptors (Lipinski definition) is 4. The molecule has 0 bridgehead atoms. The zero-order chi connectivity index (χ0) is 12.3. The van der Waals surface area contributed by atoms with Gasteiger partial charge in [0.1, 0.15) is 12.4 Å². The van der Waals surface area contributed by atoms with E-state index in [0.717, 1.165) is 10.6 Å². The van der Waals surface area contributed by atoms with Gasteiger partial charge in [-0.05, 0) is 25.1 Å². The van der Waals surface area contributed by atoms with E-state index in [1.807, 2.05) is 25.1 Å². The van der Waals surface area contributed by atoms with Crippen LogP contribution >= 0.6 is 11.3 Å². The van der Waals surface area contributed by atoms with Gasteiger partial charge in [0.25, 0.3) is 0 Å². The minimum Gasteiger partial charge on any atom is -0.485 e. The van der Waals surface area contributed by atoms with Gasteiger partial charge in [-0.15, -0.1) is 11.3 Å². The Balaban J connectivity index is 2.11. The normalized spacial score (nSPS) is 10.2. The maximum atomic E-state index is 11.0. The number of pyridine rings is 1. The molecule has 1 N–H and O–H groups in total. The van der Waals surface area contributed by atoms with Crippen molar-refractivity contribution < 1.29 is 14.6 Å². The van der Waals surface area contributed by atoms with Crippen LogP contribution in [-0.2, 0) is 6.61 Å². The van der Waals surface area contributed by atoms with Crippen LogP contribution in [0.1, 0.15) is 20.2 Å². The second kappa shape index (κ2) is 4.97. The number of aromatic nitrogens is 1. The molecule has 2 aromatic rings. The summed E-state index contributed by atoms with van der Waals surface area (Å²) in [7, 11) is 0. The molecule has 0 aliphatic heterocycles. The number of carbonyl (C=O) groups is 1. The Kier molecular flexibility index (Phi) is 3.39. The second-order valence-electron chi connectivity index (χ2n) is 3.47. The van der Waals surface area contributed by atoms with Gasteiger partial charge in [0, 0.05) is 11.1 Å². The van der Waals surface area contributed by atoms with E-state index in [4.69, 9.17) is 9.84 Å². The summed E-state index contributed by atoms with van der Waals surface area (Å²) in [6, 6.07) is 7.25. The summed E-state index contributed by atoms with van der Waals surface area (Å²) in [5.41, 5.74) is 0.771. The van der Waals surface area contributed by atoms with Gasteiger partial charge in [-0.1, -0.05) is 6.07 Å². The van der Waals surface area contributed by atoms with Crippen LogP contribution in [0, 0.1) is 6.92 Å². The lowest BCUT2D eigenvalue weighted by Gasteiger charge is -2.04. The quantitative estimate of drug-likeness (QED) is 0.905. The number of hydrogen-bond donors (Lipinski definition) is 1. The molecule has 0 aromatic carbocycles. The minimum atomic E-state index is -0.959. The number of aromatic carboxylic acids is 1. The molecule has 0 aliphatic carbocycles. The average molecular weight is 249 g/mol. The number of carboxylic acids is 1. The summed E-state index contributed by atoms with van der Waals surface area (Å²) in [6.07, 6.45) is 1.68. The van der Waals surface area contributed by atoms with E-state index in [-0.39, 0.29) is 11.5 Å². The molecule has 0 aliphatic rings. The van der Waals surface area contributed by atoms with Crippen molar-refractivity contribution in [3.8, 4) is 5.75 Å². The van der Waals surface area contributed by atoms with E-state index in [1.165, 1.54) is 11.3 Å². The SMILES string of the molecule is Cc1cc(OCc2ccccn2)c(C(=O)O)s1. The van der Waals surface area contributed by atoms with Gasteiger partial charge in [-0.3, -0.25) is 4.98 Å². The molecule has 2 heterocycles. The smallest absolute Gasteiger partial charge is 0.349 e.